The molecule has 0 spiro atoms. The number of nitrogens with one attached hydrogen (secondary N) is 2. The van der Waals surface area contributed by atoms with Gasteiger partial charge in [-0.25, -0.2) is 28.1 Å². The molecule has 11 heterocycles. The summed E-state index contributed by atoms with van der Waals surface area (Å²) in [5.74, 6) is -3.46. The van der Waals surface area contributed by atoms with Crippen molar-refractivity contribution in [2.24, 2.45) is 5.92 Å². The first kappa shape index (κ1) is 96.1. The Hall–Kier alpha value is -10.5. The highest BCUT2D eigenvalue weighted by molar-refractivity contribution is 6.51. The highest BCUT2D eigenvalue weighted by Gasteiger charge is 2.57. The number of carbonyl (C=O) groups is 12. The van der Waals surface area contributed by atoms with Crippen LogP contribution in [0.2, 0.25) is 0 Å². The zero-order chi connectivity index (χ0) is 93.1. The fourth-order valence-electron chi connectivity index (χ4n) is 19.3. The molecule has 3 aromatic carbocycles. The zero-order valence-corrected chi connectivity index (χ0v) is 76.0. The summed E-state index contributed by atoms with van der Waals surface area (Å²) in [5.41, 5.74) is 2.39. The van der Waals surface area contributed by atoms with Crippen LogP contribution in [0.5, 0.6) is 0 Å². The van der Waals surface area contributed by atoms with Crippen molar-refractivity contribution in [3.63, 3.8) is 0 Å². The van der Waals surface area contributed by atoms with E-state index in [1.165, 1.54) is 60.0 Å². The number of nitrogens with zero attached hydrogens (tertiary/aromatic N) is 12. The summed E-state index contributed by atoms with van der Waals surface area (Å²) < 4.78 is 92.3. The number of rotatable bonds is 11. The van der Waals surface area contributed by atoms with Crippen LogP contribution in [0.4, 0.5) is 26.3 Å². The van der Waals surface area contributed by atoms with Crippen molar-refractivity contribution in [3.05, 3.63) is 129 Å². The molecular formula is C95H112Cl2F6N14O12. The first-order chi connectivity index (χ1) is 61.0. The average Bonchev–Trinajstić information content (AvgIpc) is 1.61. The smallest absolute Gasteiger partial charge is 0.357 e. The molecule has 4 fully saturated rings. The SMILES string of the molecule is CC(=O)c1nn2c3c(cc(C)cc13)CCCCCC(=O)CC[C@@]1(F)C[C@@H](C(=O)Cc3nc(C(F)(F)F)ccc3C)N(C1)C(=O)C2.CC(=O)c1nn2c3c(cc(C)cc13)CCCCCCC(=O)CC[C@@]1(F)C[C@@H](C(=O)N[C@H](C)[C@H]3CC3(Cl)Cl)N(C1)C(=O)C2.CNC(=O)[C@@H]1C[C@]2(F)CCC(=O)CCCCCCc3cc(-c4cnc(C)nc4)cc4c(C(C)=O)nn(c34)CC(=O)N1C2. The van der Waals surface area contributed by atoms with E-state index in [0.29, 0.717) is 82.6 Å². The number of likely N-dealkylation sites (N-methyl/N-ethyl adjacent to an activating group) is 1. The Balaban J connectivity index is 0.000000165. The van der Waals surface area contributed by atoms with Gasteiger partial charge in [-0.3, -0.25) is 71.6 Å². The monoisotopic (exact) mass is 1820 g/mol. The number of fused-ring (bicyclic) bond motifs is 6. The normalized spacial score (nSPS) is 23.8. The molecular weight excluding hydrogens is 1710 g/mol. The maximum absolute atomic E-state index is 16.3. The van der Waals surface area contributed by atoms with Gasteiger partial charge in [0, 0.05) is 132 Å². The lowest BCUT2D eigenvalue weighted by atomic mass is 9.92. The van der Waals surface area contributed by atoms with Crippen LogP contribution in [-0.2, 0) is 94.6 Å². The molecule has 0 unspecified atom stereocenters. The van der Waals surface area contributed by atoms with Crippen molar-refractivity contribution in [1.82, 2.24) is 69.6 Å². The molecule has 2 N–H and O–H groups in total. The Morgan fingerprint density at radius 1 is 0.488 bits per heavy atom. The number of aryl methyl sites for hydroxylation is 7. The molecule has 8 aromatic rings. The second-order valence-corrected chi connectivity index (χ2v) is 38.2. The Morgan fingerprint density at radius 3 is 1.26 bits per heavy atom. The van der Waals surface area contributed by atoms with Crippen LogP contribution < -0.4 is 10.6 Å². The van der Waals surface area contributed by atoms with Crippen LogP contribution in [0.15, 0.2) is 60.9 Å². The Bertz CT molecular complexity index is 5730. The minimum atomic E-state index is -4.72. The Morgan fingerprint density at radius 2 is 0.860 bits per heavy atom. The van der Waals surface area contributed by atoms with Gasteiger partial charge in [0.15, 0.2) is 23.1 Å². The maximum Gasteiger partial charge on any atom is 0.433 e. The zero-order valence-electron chi connectivity index (χ0n) is 74.5. The molecule has 7 aliphatic rings. The number of ketones is 7. The fraction of sp³-hybridized carbons (Fsp3) is 0.558. The van der Waals surface area contributed by atoms with Gasteiger partial charge in [0.1, 0.15) is 99.0 Å². The Kier molecular flexibility index (Phi) is 29.5. The van der Waals surface area contributed by atoms with Gasteiger partial charge in [0.25, 0.3) is 0 Å². The van der Waals surface area contributed by atoms with E-state index >= 15 is 13.2 Å². The molecule has 6 bridgehead atoms. The molecule has 5 amide bonds. The van der Waals surface area contributed by atoms with Crippen LogP contribution in [0.25, 0.3) is 43.8 Å². The van der Waals surface area contributed by atoms with E-state index in [1.54, 1.807) is 24.0 Å². The largest absolute Gasteiger partial charge is 0.433 e. The summed E-state index contributed by atoms with van der Waals surface area (Å²) in [7, 11) is 1.45. The van der Waals surface area contributed by atoms with Gasteiger partial charge >= 0.3 is 6.18 Å². The third-order valence-electron chi connectivity index (χ3n) is 26.3. The molecule has 0 radical (unpaired) electrons. The summed E-state index contributed by atoms with van der Waals surface area (Å²) in [6.45, 7) is 11.4. The summed E-state index contributed by atoms with van der Waals surface area (Å²) in [6, 6.07) is 10.0. The van der Waals surface area contributed by atoms with Gasteiger partial charge in [-0.05, 0) is 176 Å². The Labute approximate surface area is 754 Å². The summed E-state index contributed by atoms with van der Waals surface area (Å²) >= 11 is 12.4. The average molecular weight is 1830 g/mol. The summed E-state index contributed by atoms with van der Waals surface area (Å²) in [4.78, 5) is 173. The van der Waals surface area contributed by atoms with Crippen LogP contribution in [0.3, 0.4) is 0 Å². The number of Topliss-reactive ketones (excluding diaryl/α,β-unsaturated/α-hetero) is 7. The first-order valence-electron chi connectivity index (χ1n) is 44.8. The molecule has 1 saturated carbocycles. The van der Waals surface area contributed by atoms with E-state index < -0.39 is 99.6 Å². The number of benzene rings is 3. The van der Waals surface area contributed by atoms with Crippen LogP contribution >= 0.6 is 23.2 Å². The summed E-state index contributed by atoms with van der Waals surface area (Å²) in [6.07, 6.45) is 9.90. The molecule has 8 atom stereocenters. The number of carbonyl (C=O) groups excluding carboxylic acids is 12. The second kappa shape index (κ2) is 39.7. The number of hydrogen-bond acceptors (Lipinski definition) is 18. The van der Waals surface area contributed by atoms with Gasteiger partial charge in [0.05, 0.1) is 54.3 Å². The predicted molar refractivity (Wildman–Crippen MR) is 472 cm³/mol. The third-order valence-corrected chi connectivity index (χ3v) is 27.2. The van der Waals surface area contributed by atoms with Crippen molar-refractivity contribution in [3.8, 4) is 11.1 Å². The predicted octanol–water partition coefficient (Wildman–Crippen LogP) is 15.2. The standard InChI is InChI=1S/C33H36F4N4O4.C31H39Cl2FN4O4.C31H37FN6O4/c1-19-13-22-7-5-4-6-8-23(43)11-12-32(34)16-26(27(44)15-25-20(2)9-10-28(38-25)33(35,36)37)40(18-32)29(45)17-41-31(22)24(14-19)30(39-41)21(3)42;1-18-12-21-8-6-4-5-7-9-22(40)10-11-30(34)15-25(29(42)35-19(2)24-14-31(24,32)33)37(17-30)26(41)16-38-28(21)23(13-18)27(36-38)20(3)39;1-19(39)28-25-13-22(23-15-34-20(2)35-16-23)12-21-8-6-4-5-7-9-24(40)10-11-31(32)14-26(30(42)33-3)37(18-31)27(41)17-38(36-28)29(21)25/h9-10,13-14,26H,4-8,11-12,15-18H2,1-3H3;12-13,19,24-25H,4-11,14-17H2,1-3H3,(H,35,42);12-13,15-16,26H,4-11,14,17-18H2,1-3H3,(H,33,42)/t26-,32+;19-,24-,25+,30-;26-,31+/m010/s1. The molecule has 15 rings (SSSR count). The van der Waals surface area contributed by atoms with E-state index in [4.69, 9.17) is 23.2 Å². The number of pyridine rings is 1. The molecule has 1 aliphatic carbocycles. The molecule has 34 heteroatoms. The van der Waals surface area contributed by atoms with Crippen LogP contribution in [0.1, 0.15) is 264 Å². The van der Waals surface area contributed by atoms with Gasteiger partial charge in [-0.1, -0.05) is 61.4 Å². The van der Waals surface area contributed by atoms with E-state index in [9.17, 15) is 70.7 Å². The highest BCUT2D eigenvalue weighted by atomic mass is 35.5. The van der Waals surface area contributed by atoms with E-state index in [0.717, 1.165) is 121 Å². The van der Waals surface area contributed by atoms with Crippen molar-refractivity contribution < 1.29 is 83.9 Å². The second-order valence-electron chi connectivity index (χ2n) is 36.6. The minimum absolute atomic E-state index is 0.00216. The lowest BCUT2D eigenvalue weighted by molar-refractivity contribution is -0.141. The number of alkyl halides is 8. The lowest BCUT2D eigenvalue weighted by Crippen LogP contribution is -2.49. The highest BCUT2D eigenvalue weighted by Crippen LogP contribution is 2.55. The number of amides is 5. The van der Waals surface area contributed by atoms with E-state index in [2.05, 4.69) is 46.9 Å². The van der Waals surface area contributed by atoms with Crippen LogP contribution in [0, 0.1) is 33.6 Å². The van der Waals surface area contributed by atoms with Gasteiger partial charge < -0.3 is 25.3 Å². The van der Waals surface area contributed by atoms with E-state index in [-0.39, 0.29) is 166 Å². The first-order valence-corrected chi connectivity index (χ1v) is 45.6. The van der Waals surface area contributed by atoms with Crippen molar-refractivity contribution in [1.29, 1.82) is 0 Å². The van der Waals surface area contributed by atoms with Crippen molar-refractivity contribution in [2.75, 3.05) is 26.7 Å². The fourth-order valence-corrected chi connectivity index (χ4v) is 20.0. The van der Waals surface area contributed by atoms with Crippen molar-refractivity contribution >= 4 is 126 Å². The maximum atomic E-state index is 16.3. The number of hydrogen-bond donors (Lipinski definition) is 2. The molecule has 129 heavy (non-hydrogen) atoms. The molecule has 6 aliphatic heterocycles. The van der Waals surface area contributed by atoms with Gasteiger partial charge in [-0.2, -0.15) is 28.5 Å². The molecule has 26 nitrogen and oxygen atoms in total. The minimum Gasteiger partial charge on any atom is -0.357 e. The quantitative estimate of drug-likeness (QED) is 0.0690. The third kappa shape index (κ3) is 22.6. The number of halogens is 8. The van der Waals surface area contributed by atoms with Crippen LogP contribution in [-0.4, -0.2) is 201 Å². The topological polar surface area (TPSA) is 331 Å². The summed E-state index contributed by atoms with van der Waals surface area (Å²) in [5, 5.41) is 21.0. The molecule has 690 valence electrons. The number of aromatic nitrogens is 9. The molecule has 3 saturated heterocycles. The van der Waals surface area contributed by atoms with E-state index in [1.807, 2.05) is 51.1 Å². The van der Waals surface area contributed by atoms with Gasteiger partial charge in [-0.15, -0.1) is 23.2 Å². The lowest BCUT2D eigenvalue weighted by Gasteiger charge is -2.26. The van der Waals surface area contributed by atoms with Crippen molar-refractivity contribution in [2.45, 2.75) is 306 Å². The van der Waals surface area contributed by atoms with Gasteiger partial charge in [0.2, 0.25) is 29.5 Å². The molecule has 5 aromatic heterocycles.